The number of benzene rings is 1. The Labute approximate surface area is 138 Å². The second kappa shape index (κ2) is 6.12. The lowest BCUT2D eigenvalue weighted by atomic mass is 10.2. The average Bonchev–Trinajstić information content (AvgIpc) is 2.91. The van der Waals surface area contributed by atoms with E-state index in [-0.39, 0.29) is 10.9 Å². The molecule has 0 radical (unpaired) electrons. The third-order valence-electron chi connectivity index (χ3n) is 2.94. The van der Waals surface area contributed by atoms with Gasteiger partial charge in [0.25, 0.3) is 5.56 Å². The molecule has 0 aliphatic heterocycles. The first-order valence-electron chi connectivity index (χ1n) is 6.16. The number of aromatic amines is 1. The van der Waals surface area contributed by atoms with Crippen LogP contribution >= 0.6 is 34.7 Å². The highest BCUT2D eigenvalue weighted by atomic mass is 35.5. The molecule has 3 aromatic rings. The van der Waals surface area contributed by atoms with Gasteiger partial charge in [0.2, 0.25) is 0 Å². The van der Waals surface area contributed by atoms with Crippen LogP contribution in [0.2, 0.25) is 5.02 Å². The van der Waals surface area contributed by atoms with Crippen molar-refractivity contribution in [1.29, 1.82) is 0 Å². The molecule has 0 fully saturated rings. The SMILES string of the molecule is O=C(O)c1csc2nc(SCc3ccc(Cl)cc3)[nH]c(=O)c12. The molecular formula is C14H9ClN2O3S2. The van der Waals surface area contributed by atoms with E-state index in [0.717, 1.165) is 16.9 Å². The highest BCUT2D eigenvalue weighted by Crippen LogP contribution is 2.25. The summed E-state index contributed by atoms with van der Waals surface area (Å²) >= 11 is 8.36. The van der Waals surface area contributed by atoms with Crippen molar-refractivity contribution in [2.75, 3.05) is 0 Å². The van der Waals surface area contributed by atoms with Gasteiger partial charge in [-0.05, 0) is 17.7 Å². The molecule has 1 aromatic carbocycles. The zero-order valence-corrected chi connectivity index (χ0v) is 13.4. The van der Waals surface area contributed by atoms with Crippen molar-refractivity contribution < 1.29 is 9.90 Å². The maximum Gasteiger partial charge on any atom is 0.337 e. The van der Waals surface area contributed by atoms with Crippen molar-refractivity contribution in [2.45, 2.75) is 10.9 Å². The third kappa shape index (κ3) is 3.01. The number of carbonyl (C=O) groups is 1. The fourth-order valence-corrected chi connectivity index (χ4v) is 3.80. The average molecular weight is 353 g/mol. The number of fused-ring (bicyclic) bond motifs is 1. The molecule has 112 valence electrons. The Bertz CT molecular complexity index is 903. The van der Waals surface area contributed by atoms with E-state index in [1.165, 1.54) is 17.1 Å². The second-order valence-electron chi connectivity index (χ2n) is 4.42. The van der Waals surface area contributed by atoms with E-state index in [4.69, 9.17) is 16.7 Å². The lowest BCUT2D eigenvalue weighted by Crippen LogP contribution is -2.11. The first kappa shape index (κ1) is 15.1. The first-order chi connectivity index (χ1) is 10.5. The van der Waals surface area contributed by atoms with Crippen LogP contribution in [-0.2, 0) is 5.75 Å². The molecule has 0 saturated heterocycles. The molecule has 8 heteroatoms. The molecule has 0 atom stereocenters. The predicted molar refractivity (Wildman–Crippen MR) is 88.2 cm³/mol. The molecule has 2 heterocycles. The van der Waals surface area contributed by atoms with Gasteiger partial charge in [-0.2, -0.15) is 0 Å². The Balaban J connectivity index is 1.87. The van der Waals surface area contributed by atoms with Gasteiger partial charge >= 0.3 is 5.97 Å². The number of aromatic nitrogens is 2. The number of aromatic carboxylic acids is 1. The molecule has 0 amide bonds. The largest absolute Gasteiger partial charge is 0.478 e. The number of nitrogens with one attached hydrogen (secondary N) is 1. The standard InChI is InChI=1S/C14H9ClN2O3S2/c15-8-3-1-7(2-4-8)5-22-14-16-11(18)10-9(13(19)20)6-21-12(10)17-14/h1-4,6H,5H2,(H,19,20)(H,16,17,18). The van der Waals surface area contributed by atoms with E-state index in [0.29, 0.717) is 20.8 Å². The van der Waals surface area contributed by atoms with Crippen molar-refractivity contribution in [3.63, 3.8) is 0 Å². The van der Waals surface area contributed by atoms with E-state index in [1.807, 2.05) is 12.1 Å². The molecule has 3 rings (SSSR count). The molecule has 0 aliphatic carbocycles. The quantitative estimate of drug-likeness (QED) is 0.553. The van der Waals surface area contributed by atoms with Crippen LogP contribution in [0.1, 0.15) is 15.9 Å². The van der Waals surface area contributed by atoms with E-state index < -0.39 is 11.5 Å². The number of thiophene rings is 1. The van der Waals surface area contributed by atoms with Crippen molar-refractivity contribution in [3.05, 3.63) is 56.1 Å². The van der Waals surface area contributed by atoms with Crippen molar-refractivity contribution in [2.24, 2.45) is 0 Å². The molecule has 0 spiro atoms. The summed E-state index contributed by atoms with van der Waals surface area (Å²) in [7, 11) is 0. The van der Waals surface area contributed by atoms with Gasteiger partial charge in [0.05, 0.1) is 10.9 Å². The zero-order valence-electron chi connectivity index (χ0n) is 11.0. The highest BCUT2D eigenvalue weighted by molar-refractivity contribution is 7.98. The van der Waals surface area contributed by atoms with Gasteiger partial charge in [-0.25, -0.2) is 9.78 Å². The molecular weight excluding hydrogens is 344 g/mol. The maximum absolute atomic E-state index is 12.1. The number of hydrogen-bond donors (Lipinski definition) is 2. The number of rotatable bonds is 4. The van der Waals surface area contributed by atoms with E-state index in [1.54, 1.807) is 12.1 Å². The minimum Gasteiger partial charge on any atom is -0.478 e. The minimum atomic E-state index is -1.12. The smallest absolute Gasteiger partial charge is 0.337 e. The third-order valence-corrected chi connectivity index (χ3v) is 5.01. The number of carboxylic acids is 1. The van der Waals surface area contributed by atoms with Gasteiger partial charge in [-0.3, -0.25) is 4.79 Å². The molecule has 0 bridgehead atoms. The fourth-order valence-electron chi connectivity index (χ4n) is 1.89. The van der Waals surface area contributed by atoms with Crippen LogP contribution < -0.4 is 5.56 Å². The highest BCUT2D eigenvalue weighted by Gasteiger charge is 2.16. The molecule has 0 saturated carbocycles. The molecule has 0 unspecified atom stereocenters. The maximum atomic E-state index is 12.1. The minimum absolute atomic E-state index is 0.0111. The Kier molecular flexibility index (Phi) is 4.19. The fraction of sp³-hybridized carbons (Fsp3) is 0.0714. The van der Waals surface area contributed by atoms with Crippen LogP contribution in [-0.4, -0.2) is 21.0 Å². The summed E-state index contributed by atoms with van der Waals surface area (Å²) in [6, 6.07) is 7.41. The van der Waals surface area contributed by atoms with Gasteiger partial charge < -0.3 is 10.1 Å². The predicted octanol–water partition coefficient (Wildman–Crippen LogP) is 3.63. The summed E-state index contributed by atoms with van der Waals surface area (Å²) in [5.41, 5.74) is 0.611. The summed E-state index contributed by atoms with van der Waals surface area (Å²) in [6.07, 6.45) is 0. The van der Waals surface area contributed by atoms with Gasteiger partial charge in [0.15, 0.2) is 5.16 Å². The Morgan fingerprint density at radius 1 is 1.36 bits per heavy atom. The Hall–Kier alpha value is -1.83. The number of thioether (sulfide) groups is 1. The summed E-state index contributed by atoms with van der Waals surface area (Å²) in [5.74, 6) is -0.497. The molecule has 2 aromatic heterocycles. The van der Waals surface area contributed by atoms with Gasteiger partial charge in [-0.1, -0.05) is 35.5 Å². The Morgan fingerprint density at radius 3 is 2.77 bits per heavy atom. The van der Waals surface area contributed by atoms with Gasteiger partial charge in [-0.15, -0.1) is 11.3 Å². The van der Waals surface area contributed by atoms with Crippen LogP contribution in [0.5, 0.6) is 0 Å². The molecule has 22 heavy (non-hydrogen) atoms. The number of halogens is 1. The van der Waals surface area contributed by atoms with Crippen molar-refractivity contribution in [3.8, 4) is 0 Å². The molecule has 5 nitrogen and oxygen atoms in total. The van der Waals surface area contributed by atoms with Crippen molar-refractivity contribution >= 4 is 50.9 Å². The van der Waals surface area contributed by atoms with Crippen LogP contribution in [0.25, 0.3) is 10.2 Å². The first-order valence-corrected chi connectivity index (χ1v) is 8.41. The Morgan fingerprint density at radius 2 is 2.09 bits per heavy atom. The molecule has 0 aliphatic rings. The topological polar surface area (TPSA) is 83.0 Å². The van der Waals surface area contributed by atoms with Gasteiger partial charge in [0, 0.05) is 16.2 Å². The van der Waals surface area contributed by atoms with E-state index in [2.05, 4.69) is 9.97 Å². The second-order valence-corrected chi connectivity index (χ2v) is 6.68. The van der Waals surface area contributed by atoms with Crippen LogP contribution in [0, 0.1) is 0 Å². The number of carboxylic acid groups (broad SMARTS) is 1. The van der Waals surface area contributed by atoms with E-state index >= 15 is 0 Å². The van der Waals surface area contributed by atoms with Crippen LogP contribution in [0.3, 0.4) is 0 Å². The van der Waals surface area contributed by atoms with Crippen LogP contribution in [0.15, 0.2) is 39.6 Å². The summed E-state index contributed by atoms with van der Waals surface area (Å²) in [4.78, 5) is 30.5. The summed E-state index contributed by atoms with van der Waals surface area (Å²) in [6.45, 7) is 0. The summed E-state index contributed by atoms with van der Waals surface area (Å²) in [5, 5.41) is 11.7. The number of H-pyrrole nitrogens is 1. The summed E-state index contributed by atoms with van der Waals surface area (Å²) < 4.78 is 0. The normalized spacial score (nSPS) is 11.0. The lowest BCUT2D eigenvalue weighted by molar-refractivity contribution is 0.0699. The zero-order chi connectivity index (χ0) is 15.7. The van der Waals surface area contributed by atoms with Gasteiger partial charge in [0.1, 0.15) is 4.83 Å². The lowest BCUT2D eigenvalue weighted by Gasteiger charge is -2.02. The van der Waals surface area contributed by atoms with Crippen molar-refractivity contribution in [1.82, 2.24) is 9.97 Å². The number of nitrogens with zero attached hydrogens (tertiary/aromatic N) is 1. The van der Waals surface area contributed by atoms with Crippen LogP contribution in [0.4, 0.5) is 0 Å². The van der Waals surface area contributed by atoms with E-state index in [9.17, 15) is 9.59 Å². The number of hydrogen-bond acceptors (Lipinski definition) is 5. The monoisotopic (exact) mass is 352 g/mol. The molecule has 2 N–H and O–H groups in total.